The van der Waals surface area contributed by atoms with Crippen molar-refractivity contribution in [2.75, 3.05) is 41.3 Å². The molecule has 0 unspecified atom stereocenters. The molecule has 7 N–H and O–H groups in total. The van der Waals surface area contributed by atoms with E-state index in [2.05, 4.69) is 25.9 Å². The van der Waals surface area contributed by atoms with E-state index < -0.39 is 53.7 Å². The SMILES string of the molecule is CN=C1N[C@@H]2[C@@H](O)[C@H](O)[C@@H](CNC)O[C@@H]2S1.CNC[C@H]1O[C@@H]2SC(N(C)C(=O)OC(C)(C)C)=N[C@@H]2[C@@H](O)[C@@H]1O.[HH]. The predicted molar refractivity (Wildman–Crippen MR) is 152 cm³/mol. The molecule has 4 heterocycles. The molecule has 0 aromatic carbocycles. The fourth-order valence-electron chi connectivity index (χ4n) is 4.32. The van der Waals surface area contributed by atoms with Crippen LogP contribution in [0.4, 0.5) is 4.79 Å². The third kappa shape index (κ3) is 7.75. The number of ether oxygens (including phenoxy) is 3. The van der Waals surface area contributed by atoms with Gasteiger partial charge >= 0.3 is 6.09 Å². The van der Waals surface area contributed by atoms with E-state index in [9.17, 15) is 25.2 Å². The summed E-state index contributed by atoms with van der Waals surface area (Å²) >= 11 is 2.69. The molecule has 4 rings (SSSR count). The number of thioether (sulfide) groups is 2. The molecule has 0 aromatic heterocycles. The fourth-order valence-corrected chi connectivity index (χ4v) is 6.60. The van der Waals surface area contributed by atoms with E-state index in [4.69, 9.17) is 14.2 Å². The van der Waals surface area contributed by atoms with Crippen molar-refractivity contribution >= 4 is 40.0 Å². The van der Waals surface area contributed by atoms with Crippen LogP contribution in [-0.2, 0) is 14.2 Å². The summed E-state index contributed by atoms with van der Waals surface area (Å²) in [6, 6.07) is -0.894. The monoisotopic (exact) mass is 596 g/mol. The van der Waals surface area contributed by atoms with Gasteiger partial charge in [-0.1, -0.05) is 23.5 Å². The van der Waals surface area contributed by atoms with E-state index in [1.165, 1.54) is 28.4 Å². The first-order valence-electron chi connectivity index (χ1n) is 12.7. The van der Waals surface area contributed by atoms with Crippen molar-refractivity contribution in [2.24, 2.45) is 9.98 Å². The van der Waals surface area contributed by atoms with Crippen molar-refractivity contribution in [2.45, 2.75) is 86.0 Å². The maximum Gasteiger partial charge on any atom is 0.416 e. The molecule has 0 bridgehead atoms. The van der Waals surface area contributed by atoms with Gasteiger partial charge in [-0.25, -0.2) is 4.79 Å². The standard InChI is InChI=1S/C14H25N3O5S.C9H17N3O3S.H2/c1-14(2,3)22-13(20)17(5)12-16-8-10(19)9(18)7(6-15-4)21-11(8)23-12;1-10-3-4-6(13)7(14)5-8(15-4)16-9(11-2)12-5;/h7-11,15,18-19H,6H2,1-5H3;4-8,10,13-14H,3H2,1-2H3,(H,11,12);1H/t7-,8-,9-,10-,11-;4-,5-,6-,7-,8-;/m11./s1. The number of amides is 1. The zero-order valence-electron chi connectivity index (χ0n) is 23.3. The normalized spacial score (nSPS) is 38.6. The first-order chi connectivity index (χ1) is 18.3. The number of aliphatic hydroxyl groups excluding tert-OH is 4. The average Bonchev–Trinajstić information content (AvgIpc) is 3.49. The van der Waals surface area contributed by atoms with Gasteiger partial charge in [0, 0.05) is 28.6 Å². The summed E-state index contributed by atoms with van der Waals surface area (Å²) in [5.74, 6) is 0. The van der Waals surface area contributed by atoms with Crippen LogP contribution in [0.25, 0.3) is 0 Å². The number of aliphatic hydroxyl groups is 4. The van der Waals surface area contributed by atoms with Crippen molar-refractivity contribution < 1.29 is 40.9 Å². The second-order valence-electron chi connectivity index (χ2n) is 10.5. The van der Waals surface area contributed by atoms with Crippen molar-refractivity contribution in [3.05, 3.63) is 0 Å². The second-order valence-corrected chi connectivity index (χ2v) is 12.7. The van der Waals surface area contributed by atoms with Crippen molar-refractivity contribution in [3.63, 3.8) is 0 Å². The number of amidine groups is 2. The molecular formula is C23H44N6O8S2. The average molecular weight is 597 g/mol. The highest BCUT2D eigenvalue weighted by molar-refractivity contribution is 8.14. The van der Waals surface area contributed by atoms with Gasteiger partial charge in [0.25, 0.3) is 0 Å². The zero-order valence-corrected chi connectivity index (χ0v) is 24.9. The zero-order chi connectivity index (χ0) is 29.1. The lowest BCUT2D eigenvalue weighted by Gasteiger charge is -2.38. The molecule has 3 fully saturated rings. The van der Waals surface area contributed by atoms with Gasteiger partial charge in [0.15, 0.2) is 10.3 Å². The summed E-state index contributed by atoms with van der Waals surface area (Å²) in [5.41, 5.74) is -1.23. The first-order valence-corrected chi connectivity index (χ1v) is 14.5. The number of carbonyl (C=O) groups excluding carboxylic acids is 1. The van der Waals surface area contributed by atoms with Crippen LogP contribution in [-0.4, -0.2) is 148 Å². The van der Waals surface area contributed by atoms with Gasteiger partial charge in [-0.15, -0.1) is 0 Å². The van der Waals surface area contributed by atoms with Crippen LogP contribution in [0.15, 0.2) is 9.98 Å². The van der Waals surface area contributed by atoms with Gasteiger partial charge in [0.05, 0.1) is 6.04 Å². The van der Waals surface area contributed by atoms with Crippen LogP contribution >= 0.6 is 23.5 Å². The molecule has 0 aliphatic carbocycles. The number of hydrogen-bond acceptors (Lipinski definition) is 14. The number of hydrogen-bond donors (Lipinski definition) is 7. The van der Waals surface area contributed by atoms with Crippen LogP contribution in [0.1, 0.15) is 22.2 Å². The Morgan fingerprint density at radius 1 is 1.05 bits per heavy atom. The van der Waals surface area contributed by atoms with E-state index >= 15 is 0 Å². The lowest BCUT2D eigenvalue weighted by Crippen LogP contribution is -2.60. The third-order valence-electron chi connectivity index (χ3n) is 6.34. The van der Waals surface area contributed by atoms with Crippen molar-refractivity contribution in [1.82, 2.24) is 20.9 Å². The Balaban J connectivity index is 0.000000290. The topological polar surface area (TPSA) is 190 Å². The highest BCUT2D eigenvalue weighted by Gasteiger charge is 2.50. The molecule has 16 heteroatoms. The summed E-state index contributed by atoms with van der Waals surface area (Å²) in [6.07, 6.45) is -5.20. The maximum absolute atomic E-state index is 12.1. The van der Waals surface area contributed by atoms with Crippen molar-refractivity contribution in [1.29, 1.82) is 0 Å². The molecule has 4 aliphatic heterocycles. The van der Waals surface area contributed by atoms with Crippen LogP contribution < -0.4 is 16.0 Å². The largest absolute Gasteiger partial charge is 0.443 e. The minimum Gasteiger partial charge on any atom is -0.443 e. The molecular weight excluding hydrogens is 552 g/mol. The lowest BCUT2D eigenvalue weighted by atomic mass is 9.98. The first kappa shape index (κ1) is 32.3. The Kier molecular flexibility index (Phi) is 11.3. The van der Waals surface area contributed by atoms with Gasteiger partial charge in [0.1, 0.15) is 59.1 Å². The molecule has 0 spiro atoms. The molecule has 0 saturated carbocycles. The highest BCUT2D eigenvalue weighted by Crippen LogP contribution is 2.37. The minimum atomic E-state index is -1.04. The summed E-state index contributed by atoms with van der Waals surface area (Å²) in [6.45, 7) is 6.29. The number of fused-ring (bicyclic) bond motifs is 2. The minimum absolute atomic E-state index is 0. The molecule has 1 amide bonds. The number of nitrogens with one attached hydrogen (secondary N) is 3. The number of rotatable bonds is 4. The number of aliphatic imine (C=N–C) groups is 2. The lowest BCUT2D eigenvalue weighted by molar-refractivity contribution is -0.153. The molecule has 0 aromatic rings. The second kappa shape index (κ2) is 13.6. The van der Waals surface area contributed by atoms with E-state index in [0.717, 1.165) is 5.17 Å². The molecule has 39 heavy (non-hydrogen) atoms. The molecule has 10 atom stereocenters. The number of carbonyl (C=O) groups is 1. The van der Waals surface area contributed by atoms with Gasteiger partial charge in [-0.05, 0) is 34.9 Å². The Hall–Kier alpha value is -1.21. The summed E-state index contributed by atoms with van der Waals surface area (Å²) in [5, 5.41) is 50.2. The van der Waals surface area contributed by atoms with Crippen LogP contribution in [0.5, 0.6) is 0 Å². The third-order valence-corrected chi connectivity index (χ3v) is 8.71. The number of likely N-dealkylation sites (N-methyl/N-ethyl adjacent to an activating group) is 2. The Labute approximate surface area is 238 Å². The van der Waals surface area contributed by atoms with E-state index in [-0.39, 0.29) is 19.0 Å². The molecule has 0 radical (unpaired) electrons. The quantitative estimate of drug-likeness (QED) is 0.200. The fraction of sp³-hybridized carbons (Fsp3) is 0.870. The Morgan fingerprint density at radius 3 is 2.15 bits per heavy atom. The van der Waals surface area contributed by atoms with E-state index in [0.29, 0.717) is 18.3 Å². The van der Waals surface area contributed by atoms with Crippen LogP contribution in [0.2, 0.25) is 0 Å². The Morgan fingerprint density at radius 2 is 1.62 bits per heavy atom. The van der Waals surface area contributed by atoms with Crippen LogP contribution in [0, 0.1) is 0 Å². The van der Waals surface area contributed by atoms with Gasteiger partial charge < -0.3 is 50.6 Å². The van der Waals surface area contributed by atoms with Gasteiger partial charge in [0.2, 0.25) is 0 Å². The maximum atomic E-state index is 12.1. The van der Waals surface area contributed by atoms with Crippen LogP contribution in [0.3, 0.4) is 0 Å². The molecule has 226 valence electrons. The van der Waals surface area contributed by atoms with E-state index in [1.807, 2.05) is 0 Å². The molecule has 3 saturated heterocycles. The molecule has 14 nitrogen and oxygen atoms in total. The highest BCUT2D eigenvalue weighted by atomic mass is 32.2. The summed E-state index contributed by atoms with van der Waals surface area (Å²) in [4.78, 5) is 21.8. The summed E-state index contributed by atoms with van der Waals surface area (Å²) in [7, 11) is 6.77. The summed E-state index contributed by atoms with van der Waals surface area (Å²) < 4.78 is 16.8. The number of nitrogens with zero attached hydrogens (tertiary/aromatic N) is 3. The Bertz CT molecular complexity index is 915. The van der Waals surface area contributed by atoms with Gasteiger partial charge in [-0.2, -0.15) is 0 Å². The smallest absolute Gasteiger partial charge is 0.416 e. The van der Waals surface area contributed by atoms with Gasteiger partial charge in [-0.3, -0.25) is 14.9 Å². The predicted octanol–water partition coefficient (Wildman–Crippen LogP) is -1.42. The van der Waals surface area contributed by atoms with E-state index in [1.54, 1.807) is 49.0 Å². The molecule has 4 aliphatic rings. The van der Waals surface area contributed by atoms with Crippen molar-refractivity contribution in [3.8, 4) is 0 Å².